The van der Waals surface area contributed by atoms with Crippen molar-refractivity contribution in [1.82, 2.24) is 15.3 Å². The predicted octanol–water partition coefficient (Wildman–Crippen LogP) is 1.98. The minimum atomic E-state index is -0.183. The fourth-order valence-electron chi connectivity index (χ4n) is 1.67. The van der Waals surface area contributed by atoms with E-state index in [0.29, 0.717) is 6.54 Å². The first-order valence-electron chi connectivity index (χ1n) is 6.48. The smallest absolute Gasteiger partial charge is 0.224 e. The summed E-state index contributed by atoms with van der Waals surface area (Å²) in [5, 5.41) is 5.80. The number of thiazole rings is 1. The van der Waals surface area contributed by atoms with Gasteiger partial charge in [-0.05, 0) is 19.1 Å². The number of pyridine rings is 1. The van der Waals surface area contributed by atoms with Crippen molar-refractivity contribution in [3.63, 3.8) is 0 Å². The maximum absolute atomic E-state index is 11.8. The molecule has 20 heavy (non-hydrogen) atoms. The van der Waals surface area contributed by atoms with E-state index in [1.54, 1.807) is 12.4 Å². The molecule has 2 aromatic rings. The van der Waals surface area contributed by atoms with Gasteiger partial charge in [-0.25, -0.2) is 4.98 Å². The third kappa shape index (κ3) is 3.40. The van der Waals surface area contributed by atoms with Crippen LogP contribution in [0.4, 0.5) is 0 Å². The number of aromatic nitrogens is 2. The highest BCUT2D eigenvalue weighted by molar-refractivity contribution is 7.10. The van der Waals surface area contributed by atoms with Crippen LogP contribution in [0.3, 0.4) is 0 Å². The first-order chi connectivity index (χ1) is 9.61. The van der Waals surface area contributed by atoms with Crippen LogP contribution in [-0.4, -0.2) is 22.4 Å². The average Bonchev–Trinajstić information content (AvgIpc) is 2.97. The molecule has 0 bridgehead atoms. The second-order valence-electron chi connectivity index (χ2n) is 4.67. The van der Waals surface area contributed by atoms with Crippen LogP contribution in [0.5, 0.6) is 0 Å². The van der Waals surface area contributed by atoms with Gasteiger partial charge in [-0.2, -0.15) is 0 Å². The molecule has 2 atom stereocenters. The van der Waals surface area contributed by atoms with Crippen molar-refractivity contribution in [3.05, 3.63) is 34.9 Å². The van der Waals surface area contributed by atoms with Gasteiger partial charge < -0.3 is 11.1 Å². The van der Waals surface area contributed by atoms with Gasteiger partial charge in [0.25, 0.3) is 0 Å². The van der Waals surface area contributed by atoms with Crippen molar-refractivity contribution in [1.29, 1.82) is 0 Å². The van der Waals surface area contributed by atoms with E-state index in [2.05, 4.69) is 15.3 Å². The number of rotatable bonds is 5. The molecular weight excluding hydrogens is 272 g/mol. The number of nitrogens with one attached hydrogen (secondary N) is 1. The van der Waals surface area contributed by atoms with Gasteiger partial charge >= 0.3 is 0 Å². The molecule has 1 amide bonds. The summed E-state index contributed by atoms with van der Waals surface area (Å²) < 4.78 is 0. The van der Waals surface area contributed by atoms with E-state index in [4.69, 9.17) is 5.73 Å². The standard InChI is InChI=1S/C14H18N4OS/c1-9(7-15)13(19)17-10(2)14-18-12(8-20-14)11-3-5-16-6-4-11/h3-6,8-10H,7,15H2,1-2H3,(H,17,19). The highest BCUT2D eigenvalue weighted by atomic mass is 32.1. The molecule has 3 N–H and O–H groups in total. The van der Waals surface area contributed by atoms with Gasteiger partial charge in [-0.15, -0.1) is 11.3 Å². The molecule has 2 aromatic heterocycles. The zero-order valence-corrected chi connectivity index (χ0v) is 12.4. The lowest BCUT2D eigenvalue weighted by atomic mass is 10.1. The van der Waals surface area contributed by atoms with Crippen LogP contribution in [-0.2, 0) is 4.79 Å². The lowest BCUT2D eigenvalue weighted by molar-refractivity contribution is -0.124. The molecule has 0 saturated heterocycles. The number of nitrogens with two attached hydrogens (primary N) is 1. The van der Waals surface area contributed by atoms with Crippen molar-refractivity contribution >= 4 is 17.2 Å². The molecule has 0 spiro atoms. The third-order valence-corrected chi connectivity index (χ3v) is 4.06. The second-order valence-corrected chi connectivity index (χ2v) is 5.56. The van der Waals surface area contributed by atoms with E-state index in [1.807, 2.05) is 31.4 Å². The van der Waals surface area contributed by atoms with E-state index in [9.17, 15) is 4.79 Å². The molecular formula is C14H18N4OS. The van der Waals surface area contributed by atoms with E-state index in [-0.39, 0.29) is 17.9 Å². The zero-order valence-electron chi connectivity index (χ0n) is 11.5. The molecule has 5 nitrogen and oxygen atoms in total. The van der Waals surface area contributed by atoms with E-state index in [0.717, 1.165) is 16.3 Å². The van der Waals surface area contributed by atoms with Gasteiger partial charge in [0.05, 0.1) is 11.7 Å². The summed E-state index contributed by atoms with van der Waals surface area (Å²) in [7, 11) is 0. The lowest BCUT2D eigenvalue weighted by Gasteiger charge is -2.14. The van der Waals surface area contributed by atoms with Crippen LogP contribution >= 0.6 is 11.3 Å². The number of amides is 1. The summed E-state index contributed by atoms with van der Waals surface area (Å²) in [6, 6.07) is 3.72. The van der Waals surface area contributed by atoms with Crippen LogP contribution in [0.1, 0.15) is 24.9 Å². The van der Waals surface area contributed by atoms with Gasteiger partial charge in [0, 0.05) is 35.8 Å². The van der Waals surface area contributed by atoms with Gasteiger partial charge in [-0.3, -0.25) is 9.78 Å². The molecule has 106 valence electrons. The normalized spacial score (nSPS) is 13.8. The third-order valence-electron chi connectivity index (χ3n) is 3.03. The molecule has 6 heteroatoms. The monoisotopic (exact) mass is 290 g/mol. The number of hydrogen-bond donors (Lipinski definition) is 2. The molecule has 2 heterocycles. The number of hydrogen-bond acceptors (Lipinski definition) is 5. The molecule has 0 aliphatic rings. The summed E-state index contributed by atoms with van der Waals surface area (Å²) in [5.41, 5.74) is 7.42. The van der Waals surface area contributed by atoms with Gasteiger partial charge in [-0.1, -0.05) is 6.92 Å². The van der Waals surface area contributed by atoms with Crippen molar-refractivity contribution in [2.45, 2.75) is 19.9 Å². The van der Waals surface area contributed by atoms with Crippen molar-refractivity contribution in [3.8, 4) is 11.3 Å². The average molecular weight is 290 g/mol. The first kappa shape index (κ1) is 14.6. The summed E-state index contributed by atoms with van der Waals surface area (Å²) in [6.45, 7) is 4.08. The van der Waals surface area contributed by atoms with Gasteiger partial charge in [0.1, 0.15) is 5.01 Å². The summed E-state index contributed by atoms with van der Waals surface area (Å²) in [4.78, 5) is 20.4. The number of carbonyl (C=O) groups is 1. The Hall–Kier alpha value is -1.79. The Morgan fingerprint density at radius 1 is 1.40 bits per heavy atom. The molecule has 0 aliphatic carbocycles. The quantitative estimate of drug-likeness (QED) is 0.882. The Balaban J connectivity index is 2.07. The molecule has 0 saturated carbocycles. The Morgan fingerprint density at radius 2 is 2.10 bits per heavy atom. The predicted molar refractivity (Wildman–Crippen MR) is 80.1 cm³/mol. The van der Waals surface area contributed by atoms with Crippen LogP contribution in [0, 0.1) is 5.92 Å². The van der Waals surface area contributed by atoms with Gasteiger partial charge in [0.2, 0.25) is 5.91 Å². The van der Waals surface area contributed by atoms with E-state index >= 15 is 0 Å². The molecule has 0 radical (unpaired) electrons. The fraction of sp³-hybridized carbons (Fsp3) is 0.357. The zero-order chi connectivity index (χ0) is 14.5. The SMILES string of the molecule is CC(CN)C(=O)NC(C)c1nc(-c2ccncc2)cs1. The minimum absolute atomic E-state index is 0.0411. The highest BCUT2D eigenvalue weighted by Gasteiger charge is 2.17. The summed E-state index contributed by atoms with van der Waals surface area (Å²) in [6.07, 6.45) is 3.48. The topological polar surface area (TPSA) is 80.9 Å². The Kier molecular flexibility index (Phi) is 4.81. The minimum Gasteiger partial charge on any atom is -0.347 e. The summed E-state index contributed by atoms with van der Waals surface area (Å²) in [5.74, 6) is -0.224. The first-order valence-corrected chi connectivity index (χ1v) is 7.36. The highest BCUT2D eigenvalue weighted by Crippen LogP contribution is 2.25. The van der Waals surface area contributed by atoms with Crippen molar-refractivity contribution in [2.75, 3.05) is 6.54 Å². The number of carbonyl (C=O) groups excluding carboxylic acids is 1. The van der Waals surface area contributed by atoms with Crippen molar-refractivity contribution in [2.24, 2.45) is 11.7 Å². The maximum Gasteiger partial charge on any atom is 0.224 e. The Labute approximate surface area is 122 Å². The molecule has 0 aromatic carbocycles. The van der Waals surface area contributed by atoms with Crippen LogP contribution < -0.4 is 11.1 Å². The maximum atomic E-state index is 11.8. The lowest BCUT2D eigenvalue weighted by Crippen LogP contribution is -2.34. The Bertz CT molecular complexity index is 570. The largest absolute Gasteiger partial charge is 0.347 e. The molecule has 2 unspecified atom stereocenters. The second kappa shape index (κ2) is 6.58. The number of nitrogens with zero attached hydrogens (tertiary/aromatic N) is 2. The molecule has 2 rings (SSSR count). The van der Waals surface area contributed by atoms with Gasteiger partial charge in [0.15, 0.2) is 0 Å². The van der Waals surface area contributed by atoms with Crippen LogP contribution in [0.15, 0.2) is 29.9 Å². The van der Waals surface area contributed by atoms with E-state index < -0.39 is 0 Å². The van der Waals surface area contributed by atoms with Crippen molar-refractivity contribution < 1.29 is 4.79 Å². The fourth-order valence-corrected chi connectivity index (χ4v) is 2.50. The van der Waals surface area contributed by atoms with E-state index in [1.165, 1.54) is 11.3 Å². The van der Waals surface area contributed by atoms with Crippen LogP contribution in [0.2, 0.25) is 0 Å². The van der Waals surface area contributed by atoms with Crippen LogP contribution in [0.25, 0.3) is 11.3 Å². The Morgan fingerprint density at radius 3 is 2.75 bits per heavy atom. The molecule has 0 fully saturated rings. The summed E-state index contributed by atoms with van der Waals surface area (Å²) >= 11 is 1.54. The molecule has 0 aliphatic heterocycles.